The Morgan fingerprint density at radius 3 is 2.81 bits per heavy atom. The summed E-state index contributed by atoms with van der Waals surface area (Å²) in [6.45, 7) is 1.88. The minimum atomic E-state index is -0.167. The van der Waals surface area contributed by atoms with Crippen molar-refractivity contribution in [3.8, 4) is 5.75 Å². The Balaban J connectivity index is 1.47. The summed E-state index contributed by atoms with van der Waals surface area (Å²) in [7, 11) is 1.63. The number of nitrogens with one attached hydrogen (secondary N) is 2. The number of amides is 1. The SMILES string of the molecule is COc1ccc(Nc2nnc(SCC(=O)N[C@H](C)c3ccco3)s2)cc1. The quantitative estimate of drug-likeness (QED) is 0.565. The number of benzene rings is 1. The Labute approximate surface area is 159 Å². The first-order valence-corrected chi connectivity index (χ1v) is 9.64. The van der Waals surface area contributed by atoms with Gasteiger partial charge in [-0.3, -0.25) is 4.79 Å². The second-order valence-electron chi connectivity index (χ2n) is 5.32. The summed E-state index contributed by atoms with van der Waals surface area (Å²) in [5.41, 5.74) is 0.892. The van der Waals surface area contributed by atoms with Gasteiger partial charge in [0.05, 0.1) is 25.2 Å². The fourth-order valence-corrected chi connectivity index (χ4v) is 3.72. The number of hydrogen-bond acceptors (Lipinski definition) is 8. The number of hydrogen-bond donors (Lipinski definition) is 2. The van der Waals surface area contributed by atoms with Crippen LogP contribution < -0.4 is 15.4 Å². The smallest absolute Gasteiger partial charge is 0.231 e. The molecular formula is C17H18N4O3S2. The second-order valence-corrected chi connectivity index (χ2v) is 7.52. The van der Waals surface area contributed by atoms with Crippen LogP contribution in [0.25, 0.3) is 0 Å². The van der Waals surface area contributed by atoms with Crippen LogP contribution in [0.15, 0.2) is 51.4 Å². The predicted octanol–water partition coefficient (Wildman–Crippen LogP) is 3.85. The third kappa shape index (κ3) is 4.99. The summed E-state index contributed by atoms with van der Waals surface area (Å²) >= 11 is 2.74. The van der Waals surface area contributed by atoms with Crippen molar-refractivity contribution in [3.05, 3.63) is 48.4 Å². The third-order valence-electron chi connectivity index (χ3n) is 3.42. The van der Waals surface area contributed by atoms with Gasteiger partial charge in [0.25, 0.3) is 0 Å². The summed E-state index contributed by atoms with van der Waals surface area (Å²) < 4.78 is 11.1. The van der Waals surface area contributed by atoms with Crippen LogP contribution in [0.2, 0.25) is 0 Å². The number of carbonyl (C=O) groups excluding carboxylic acids is 1. The van der Waals surface area contributed by atoms with Crippen LogP contribution in [0.4, 0.5) is 10.8 Å². The molecule has 0 saturated carbocycles. The van der Waals surface area contributed by atoms with Crippen molar-refractivity contribution in [2.45, 2.75) is 17.3 Å². The molecule has 1 amide bonds. The van der Waals surface area contributed by atoms with Crippen molar-refractivity contribution in [2.24, 2.45) is 0 Å². The van der Waals surface area contributed by atoms with Gasteiger partial charge < -0.3 is 19.8 Å². The van der Waals surface area contributed by atoms with Gasteiger partial charge >= 0.3 is 0 Å². The molecule has 2 N–H and O–H groups in total. The van der Waals surface area contributed by atoms with Crippen molar-refractivity contribution in [1.29, 1.82) is 0 Å². The van der Waals surface area contributed by atoms with E-state index in [0.29, 0.717) is 5.13 Å². The minimum absolute atomic E-state index is 0.0845. The zero-order chi connectivity index (χ0) is 18.4. The molecule has 136 valence electrons. The maximum Gasteiger partial charge on any atom is 0.231 e. The molecule has 0 aliphatic carbocycles. The number of rotatable bonds is 8. The van der Waals surface area contributed by atoms with E-state index in [-0.39, 0.29) is 17.7 Å². The van der Waals surface area contributed by atoms with E-state index in [1.165, 1.54) is 23.1 Å². The highest BCUT2D eigenvalue weighted by Crippen LogP contribution is 2.28. The van der Waals surface area contributed by atoms with Gasteiger partial charge in [0.2, 0.25) is 11.0 Å². The zero-order valence-electron chi connectivity index (χ0n) is 14.3. The zero-order valence-corrected chi connectivity index (χ0v) is 15.9. The highest BCUT2D eigenvalue weighted by atomic mass is 32.2. The minimum Gasteiger partial charge on any atom is -0.497 e. The van der Waals surface area contributed by atoms with Crippen molar-refractivity contribution in [3.63, 3.8) is 0 Å². The average Bonchev–Trinajstić information content (AvgIpc) is 3.33. The molecule has 9 heteroatoms. The fraction of sp³-hybridized carbons (Fsp3) is 0.235. The maximum absolute atomic E-state index is 12.0. The molecule has 0 spiro atoms. The molecule has 26 heavy (non-hydrogen) atoms. The predicted molar refractivity (Wildman–Crippen MR) is 102 cm³/mol. The molecule has 3 aromatic rings. The summed E-state index contributed by atoms with van der Waals surface area (Å²) in [4.78, 5) is 12.0. The van der Waals surface area contributed by atoms with Gasteiger partial charge in [0, 0.05) is 5.69 Å². The maximum atomic E-state index is 12.0. The number of methoxy groups -OCH3 is 1. The van der Waals surface area contributed by atoms with Crippen LogP contribution in [-0.2, 0) is 4.79 Å². The van der Waals surface area contributed by atoms with Crippen LogP contribution in [0, 0.1) is 0 Å². The molecule has 0 saturated heterocycles. The van der Waals surface area contributed by atoms with E-state index < -0.39 is 0 Å². The molecule has 7 nitrogen and oxygen atoms in total. The summed E-state index contributed by atoms with van der Waals surface area (Å²) in [6.07, 6.45) is 1.59. The standard InChI is InChI=1S/C17H18N4O3S2/c1-11(14-4-3-9-24-14)18-15(22)10-25-17-21-20-16(26-17)19-12-5-7-13(23-2)8-6-12/h3-9,11H,10H2,1-2H3,(H,18,22)(H,19,20)/t11-/m1/s1. The van der Waals surface area contributed by atoms with E-state index in [1.807, 2.05) is 37.3 Å². The lowest BCUT2D eigenvalue weighted by Gasteiger charge is -2.10. The molecule has 0 unspecified atom stereocenters. The number of carbonyl (C=O) groups is 1. The normalized spacial score (nSPS) is 11.8. The van der Waals surface area contributed by atoms with Crippen molar-refractivity contribution in [2.75, 3.05) is 18.2 Å². The fourth-order valence-electron chi connectivity index (χ4n) is 2.14. The molecule has 2 heterocycles. The van der Waals surface area contributed by atoms with E-state index in [0.717, 1.165) is 21.5 Å². The Bertz CT molecular complexity index is 834. The number of ether oxygens (including phenoxy) is 1. The lowest BCUT2D eigenvalue weighted by molar-refractivity contribution is -0.119. The van der Waals surface area contributed by atoms with Crippen LogP contribution in [0.5, 0.6) is 5.75 Å². The van der Waals surface area contributed by atoms with Gasteiger partial charge in [0.15, 0.2) is 4.34 Å². The molecule has 2 aromatic heterocycles. The number of nitrogens with zero attached hydrogens (tertiary/aromatic N) is 2. The molecule has 1 atom stereocenters. The monoisotopic (exact) mass is 390 g/mol. The van der Waals surface area contributed by atoms with Gasteiger partial charge in [-0.25, -0.2) is 0 Å². The van der Waals surface area contributed by atoms with E-state index in [2.05, 4.69) is 20.8 Å². The summed E-state index contributed by atoms with van der Waals surface area (Å²) in [5, 5.41) is 14.9. The number of thioether (sulfide) groups is 1. The lowest BCUT2D eigenvalue weighted by atomic mass is 10.2. The summed E-state index contributed by atoms with van der Waals surface area (Å²) in [5.74, 6) is 1.70. The molecule has 0 radical (unpaired) electrons. The Hall–Kier alpha value is -2.52. The van der Waals surface area contributed by atoms with E-state index in [9.17, 15) is 4.79 Å². The van der Waals surface area contributed by atoms with Gasteiger partial charge in [0.1, 0.15) is 11.5 Å². The highest BCUT2D eigenvalue weighted by molar-refractivity contribution is 8.01. The van der Waals surface area contributed by atoms with Gasteiger partial charge in [-0.05, 0) is 43.3 Å². The van der Waals surface area contributed by atoms with Gasteiger partial charge in [-0.2, -0.15) is 0 Å². The molecule has 3 rings (SSSR count). The van der Waals surface area contributed by atoms with E-state index >= 15 is 0 Å². The number of furan rings is 1. The lowest BCUT2D eigenvalue weighted by Crippen LogP contribution is -2.27. The topological polar surface area (TPSA) is 89.3 Å². The highest BCUT2D eigenvalue weighted by Gasteiger charge is 2.13. The first kappa shape index (κ1) is 18.3. The number of anilines is 2. The molecule has 0 bridgehead atoms. The molecule has 0 fully saturated rings. The third-order valence-corrected chi connectivity index (χ3v) is 5.39. The van der Waals surface area contributed by atoms with E-state index in [1.54, 1.807) is 19.4 Å². The van der Waals surface area contributed by atoms with Crippen LogP contribution in [-0.4, -0.2) is 29.0 Å². The largest absolute Gasteiger partial charge is 0.497 e. The molecular weight excluding hydrogens is 372 g/mol. The number of aromatic nitrogens is 2. The first-order chi connectivity index (χ1) is 12.6. The van der Waals surface area contributed by atoms with Crippen LogP contribution >= 0.6 is 23.1 Å². The van der Waals surface area contributed by atoms with Crippen LogP contribution in [0.1, 0.15) is 18.7 Å². The molecule has 0 aliphatic rings. The summed E-state index contributed by atoms with van der Waals surface area (Å²) in [6, 6.07) is 11.0. The molecule has 1 aromatic carbocycles. The second kappa shape index (κ2) is 8.72. The van der Waals surface area contributed by atoms with Crippen molar-refractivity contribution in [1.82, 2.24) is 15.5 Å². The van der Waals surface area contributed by atoms with E-state index in [4.69, 9.17) is 9.15 Å². The van der Waals surface area contributed by atoms with Crippen molar-refractivity contribution < 1.29 is 13.9 Å². The van der Waals surface area contributed by atoms with Gasteiger partial charge in [-0.15, -0.1) is 10.2 Å². The Morgan fingerprint density at radius 2 is 2.12 bits per heavy atom. The average molecular weight is 390 g/mol. The molecule has 0 aliphatic heterocycles. The van der Waals surface area contributed by atoms with Crippen LogP contribution in [0.3, 0.4) is 0 Å². The van der Waals surface area contributed by atoms with Gasteiger partial charge in [-0.1, -0.05) is 23.1 Å². The van der Waals surface area contributed by atoms with Crippen molar-refractivity contribution >= 4 is 39.8 Å². The first-order valence-electron chi connectivity index (χ1n) is 7.84. The Morgan fingerprint density at radius 1 is 1.31 bits per heavy atom. The Kier molecular flexibility index (Phi) is 6.13.